The number of rotatable bonds is 3. The quantitative estimate of drug-likeness (QED) is 0.671. The molecule has 1 aliphatic heterocycles. The largest absolute Gasteiger partial charge is 0.394 e. The van der Waals surface area contributed by atoms with Gasteiger partial charge in [-0.15, -0.1) is 0 Å². The monoisotopic (exact) mass is 293 g/mol. The van der Waals surface area contributed by atoms with E-state index in [2.05, 4.69) is 9.97 Å². The highest BCUT2D eigenvalue weighted by atomic mass is 16.5. The van der Waals surface area contributed by atoms with Crippen molar-refractivity contribution in [2.24, 2.45) is 5.73 Å². The number of hydrogen-bond acceptors (Lipinski definition) is 7. The van der Waals surface area contributed by atoms with Crippen LogP contribution in [0.1, 0.15) is 6.23 Å². The van der Waals surface area contributed by atoms with Crippen LogP contribution in [0.3, 0.4) is 0 Å². The minimum Gasteiger partial charge on any atom is -0.394 e. The van der Waals surface area contributed by atoms with Crippen molar-refractivity contribution in [1.29, 1.82) is 0 Å². The predicted octanol–water partition coefficient (Wildman–Crippen LogP) is -0.925. The molecule has 3 heterocycles. The van der Waals surface area contributed by atoms with Crippen molar-refractivity contribution < 1.29 is 14.9 Å². The van der Waals surface area contributed by atoms with Crippen molar-refractivity contribution in [3.63, 3.8) is 0 Å². The molecule has 8 heteroatoms. The van der Waals surface area contributed by atoms with Crippen LogP contribution in [0.4, 0.5) is 5.82 Å². The lowest BCUT2D eigenvalue weighted by Gasteiger charge is -2.18. The maximum absolute atomic E-state index is 10.2. The van der Waals surface area contributed by atoms with E-state index in [1.807, 2.05) is 25.1 Å². The third-order valence-corrected chi connectivity index (χ3v) is 3.80. The summed E-state index contributed by atoms with van der Waals surface area (Å²) in [5.41, 5.74) is 6.52. The summed E-state index contributed by atoms with van der Waals surface area (Å²) in [6.45, 7) is -0.230. The fourth-order valence-electron chi connectivity index (χ4n) is 2.67. The van der Waals surface area contributed by atoms with E-state index in [0.717, 1.165) is 11.2 Å². The molecule has 0 amide bonds. The maximum Gasteiger partial charge on any atom is 0.163 e. The SMILES string of the molecule is CN(C)c1ncnc2c1ccn2[C@@H]1O[C@H](CO)[C@@H](N)[C@H]1O. The second-order valence-corrected chi connectivity index (χ2v) is 5.37. The third kappa shape index (κ3) is 2.16. The molecule has 8 nitrogen and oxygen atoms in total. The molecule has 2 aromatic rings. The summed E-state index contributed by atoms with van der Waals surface area (Å²) in [5.74, 6) is 0.786. The zero-order chi connectivity index (χ0) is 15.1. The zero-order valence-electron chi connectivity index (χ0n) is 11.9. The van der Waals surface area contributed by atoms with Gasteiger partial charge in [0.25, 0.3) is 0 Å². The molecule has 1 saturated heterocycles. The molecule has 0 radical (unpaired) electrons. The number of aliphatic hydroxyl groups is 2. The van der Waals surface area contributed by atoms with Crippen molar-refractivity contribution in [3.05, 3.63) is 18.6 Å². The Bertz CT molecular complexity index is 644. The van der Waals surface area contributed by atoms with E-state index in [-0.39, 0.29) is 6.61 Å². The van der Waals surface area contributed by atoms with Crippen LogP contribution in [0, 0.1) is 0 Å². The first-order valence-corrected chi connectivity index (χ1v) is 6.73. The summed E-state index contributed by atoms with van der Waals surface area (Å²) < 4.78 is 7.38. The number of hydrogen-bond donors (Lipinski definition) is 3. The molecule has 1 aliphatic rings. The van der Waals surface area contributed by atoms with E-state index in [1.165, 1.54) is 6.33 Å². The van der Waals surface area contributed by atoms with Gasteiger partial charge in [0.05, 0.1) is 18.0 Å². The Morgan fingerprint density at radius 3 is 2.81 bits per heavy atom. The first-order chi connectivity index (χ1) is 10.0. The van der Waals surface area contributed by atoms with Gasteiger partial charge in [0.2, 0.25) is 0 Å². The number of anilines is 1. The lowest BCUT2D eigenvalue weighted by Crippen LogP contribution is -2.41. The molecular weight excluding hydrogens is 274 g/mol. The van der Waals surface area contributed by atoms with Gasteiger partial charge < -0.3 is 30.2 Å². The summed E-state index contributed by atoms with van der Waals surface area (Å²) in [7, 11) is 3.80. The Hall–Kier alpha value is -1.74. The van der Waals surface area contributed by atoms with Crippen molar-refractivity contribution in [2.75, 3.05) is 25.6 Å². The standard InChI is InChI=1S/C13H19N5O3/c1-17(2)11-7-3-4-18(12(7)16-6-15-11)13-10(20)9(14)8(5-19)21-13/h3-4,6,8-10,13,19-20H,5,14H2,1-2H3/t8-,9-,10-,13-/m1/s1. The number of nitrogens with zero attached hydrogens (tertiary/aromatic N) is 4. The van der Waals surface area contributed by atoms with Crippen molar-refractivity contribution in [3.8, 4) is 0 Å². The zero-order valence-corrected chi connectivity index (χ0v) is 11.9. The summed E-state index contributed by atoms with van der Waals surface area (Å²) in [6.07, 6.45) is 1.10. The van der Waals surface area contributed by atoms with Gasteiger partial charge in [-0.05, 0) is 6.07 Å². The van der Waals surface area contributed by atoms with E-state index in [0.29, 0.717) is 5.65 Å². The lowest BCUT2D eigenvalue weighted by atomic mass is 10.1. The number of fused-ring (bicyclic) bond motifs is 1. The summed E-state index contributed by atoms with van der Waals surface area (Å²) >= 11 is 0. The van der Waals surface area contributed by atoms with Crippen LogP contribution in [0.2, 0.25) is 0 Å². The Balaban J connectivity index is 2.04. The highest BCUT2D eigenvalue weighted by molar-refractivity contribution is 5.87. The summed E-state index contributed by atoms with van der Waals surface area (Å²) in [5, 5.41) is 20.3. The fourth-order valence-corrected chi connectivity index (χ4v) is 2.67. The minimum atomic E-state index is -0.907. The van der Waals surface area contributed by atoms with Crippen molar-refractivity contribution in [2.45, 2.75) is 24.5 Å². The molecular formula is C13H19N5O3. The van der Waals surface area contributed by atoms with Crippen LogP contribution >= 0.6 is 0 Å². The highest BCUT2D eigenvalue weighted by Gasteiger charge is 2.42. The molecule has 3 rings (SSSR count). The van der Waals surface area contributed by atoms with Gasteiger partial charge in [-0.2, -0.15) is 0 Å². The molecule has 0 bridgehead atoms. The molecule has 4 N–H and O–H groups in total. The summed E-state index contributed by atoms with van der Waals surface area (Å²) in [6, 6.07) is 1.24. The molecule has 4 atom stereocenters. The second-order valence-electron chi connectivity index (χ2n) is 5.37. The second kappa shape index (κ2) is 5.23. The Labute approximate surface area is 121 Å². The summed E-state index contributed by atoms with van der Waals surface area (Å²) in [4.78, 5) is 10.4. The lowest BCUT2D eigenvalue weighted by molar-refractivity contribution is -0.0485. The number of aliphatic hydroxyl groups excluding tert-OH is 2. The number of nitrogens with two attached hydrogens (primary N) is 1. The molecule has 0 saturated carbocycles. The molecule has 0 aliphatic carbocycles. The molecule has 0 unspecified atom stereocenters. The molecule has 2 aromatic heterocycles. The molecule has 0 aromatic carbocycles. The van der Waals surface area contributed by atoms with Gasteiger partial charge >= 0.3 is 0 Å². The van der Waals surface area contributed by atoms with Crippen molar-refractivity contribution in [1.82, 2.24) is 14.5 Å². The van der Waals surface area contributed by atoms with Crippen LogP contribution in [0.25, 0.3) is 11.0 Å². The van der Waals surface area contributed by atoms with Crippen LogP contribution in [0.5, 0.6) is 0 Å². The molecule has 114 valence electrons. The number of aromatic nitrogens is 3. The highest BCUT2D eigenvalue weighted by Crippen LogP contribution is 2.32. The number of ether oxygens (including phenoxy) is 1. The van der Waals surface area contributed by atoms with E-state index < -0.39 is 24.5 Å². The van der Waals surface area contributed by atoms with E-state index in [4.69, 9.17) is 10.5 Å². The molecule has 0 spiro atoms. The van der Waals surface area contributed by atoms with Gasteiger partial charge in [0, 0.05) is 20.3 Å². The Morgan fingerprint density at radius 1 is 1.43 bits per heavy atom. The molecule has 21 heavy (non-hydrogen) atoms. The van der Waals surface area contributed by atoms with Crippen LogP contribution in [0.15, 0.2) is 18.6 Å². The minimum absolute atomic E-state index is 0.230. The van der Waals surface area contributed by atoms with Gasteiger partial charge in [-0.1, -0.05) is 0 Å². The van der Waals surface area contributed by atoms with Gasteiger partial charge in [-0.3, -0.25) is 0 Å². The topological polar surface area (TPSA) is 110 Å². The van der Waals surface area contributed by atoms with Gasteiger partial charge in [-0.25, -0.2) is 9.97 Å². The molecule has 1 fully saturated rings. The predicted molar refractivity (Wildman–Crippen MR) is 76.8 cm³/mol. The van der Waals surface area contributed by atoms with Crippen LogP contribution in [-0.2, 0) is 4.74 Å². The third-order valence-electron chi connectivity index (χ3n) is 3.80. The van der Waals surface area contributed by atoms with Gasteiger partial charge in [0.1, 0.15) is 30.0 Å². The normalized spacial score (nSPS) is 29.2. The maximum atomic E-state index is 10.2. The Kier molecular flexibility index (Phi) is 3.54. The van der Waals surface area contributed by atoms with Crippen molar-refractivity contribution >= 4 is 16.9 Å². The first kappa shape index (κ1) is 14.2. The Morgan fingerprint density at radius 2 is 2.19 bits per heavy atom. The van der Waals surface area contributed by atoms with Crippen LogP contribution in [-0.4, -0.2) is 63.7 Å². The van der Waals surface area contributed by atoms with E-state index in [1.54, 1.807) is 10.8 Å². The van der Waals surface area contributed by atoms with E-state index >= 15 is 0 Å². The average molecular weight is 293 g/mol. The van der Waals surface area contributed by atoms with E-state index in [9.17, 15) is 10.2 Å². The smallest absolute Gasteiger partial charge is 0.163 e. The fraction of sp³-hybridized carbons (Fsp3) is 0.538. The first-order valence-electron chi connectivity index (χ1n) is 6.73. The average Bonchev–Trinajstić information content (AvgIpc) is 3.01. The van der Waals surface area contributed by atoms with Gasteiger partial charge in [0.15, 0.2) is 6.23 Å². The van der Waals surface area contributed by atoms with Crippen LogP contribution < -0.4 is 10.6 Å².